The van der Waals surface area contributed by atoms with Crippen LogP contribution in [0.1, 0.15) is 24.5 Å². The molecule has 22 heavy (non-hydrogen) atoms. The second-order valence-electron chi connectivity index (χ2n) is 5.70. The number of nitrogens with one attached hydrogen (secondary N) is 1. The van der Waals surface area contributed by atoms with Crippen LogP contribution < -0.4 is 5.32 Å². The Morgan fingerprint density at radius 2 is 1.45 bits per heavy atom. The van der Waals surface area contributed by atoms with Gasteiger partial charge in [0, 0.05) is 12.1 Å². The van der Waals surface area contributed by atoms with Crippen LogP contribution in [0.4, 0.5) is 0 Å². The highest BCUT2D eigenvalue weighted by Crippen LogP contribution is 2.28. The Bertz CT molecular complexity index is 580. The minimum atomic E-state index is -0.297. The Balaban J connectivity index is 2.13. The fraction of sp³-hybridized carbons (Fsp3) is 0.333. The minimum Gasteiger partial charge on any atom is -0.508 e. The molecule has 0 radical (unpaired) electrons. The van der Waals surface area contributed by atoms with Crippen LogP contribution in [0.25, 0.3) is 0 Å². The van der Waals surface area contributed by atoms with Crippen LogP contribution in [0.5, 0.6) is 11.5 Å². The number of hydrogen-bond acceptors (Lipinski definition) is 4. The van der Waals surface area contributed by atoms with E-state index in [-0.39, 0.29) is 23.6 Å². The lowest BCUT2D eigenvalue weighted by atomic mass is 9.86. The number of phenolic OH excluding ortho intramolecular Hbond substituents is 2. The van der Waals surface area contributed by atoms with Gasteiger partial charge in [-0.25, -0.2) is 0 Å². The van der Waals surface area contributed by atoms with Crippen LogP contribution in [0.15, 0.2) is 48.5 Å². The van der Waals surface area contributed by atoms with Crippen molar-refractivity contribution in [3.05, 3.63) is 59.7 Å². The quantitative estimate of drug-likeness (QED) is 0.634. The molecule has 118 valence electrons. The van der Waals surface area contributed by atoms with E-state index in [4.69, 9.17) is 5.11 Å². The van der Waals surface area contributed by atoms with Crippen molar-refractivity contribution in [1.82, 2.24) is 5.32 Å². The molecule has 0 aliphatic heterocycles. The monoisotopic (exact) mass is 301 g/mol. The normalized spacial score (nSPS) is 13.7. The molecule has 0 aliphatic carbocycles. The molecule has 0 amide bonds. The van der Waals surface area contributed by atoms with Gasteiger partial charge in [-0.3, -0.25) is 0 Å². The van der Waals surface area contributed by atoms with E-state index in [1.54, 1.807) is 24.3 Å². The SMILES string of the molecule is CC(CCc1ccc(O)cc1)(NCCO)c1ccc(O)cc1. The molecule has 4 heteroatoms. The van der Waals surface area contributed by atoms with Crippen molar-refractivity contribution < 1.29 is 15.3 Å². The van der Waals surface area contributed by atoms with Crippen molar-refractivity contribution in [1.29, 1.82) is 0 Å². The van der Waals surface area contributed by atoms with Gasteiger partial charge in [0.2, 0.25) is 0 Å². The summed E-state index contributed by atoms with van der Waals surface area (Å²) in [7, 11) is 0. The smallest absolute Gasteiger partial charge is 0.115 e. The summed E-state index contributed by atoms with van der Waals surface area (Å²) in [6.45, 7) is 2.68. The summed E-state index contributed by atoms with van der Waals surface area (Å²) in [5.74, 6) is 0.509. The van der Waals surface area contributed by atoms with Gasteiger partial charge in [-0.1, -0.05) is 24.3 Å². The largest absolute Gasteiger partial charge is 0.508 e. The van der Waals surface area contributed by atoms with Crippen LogP contribution in [0, 0.1) is 0 Å². The number of benzene rings is 2. The number of aromatic hydroxyl groups is 2. The van der Waals surface area contributed by atoms with E-state index in [0.717, 1.165) is 24.0 Å². The number of aryl methyl sites for hydroxylation is 1. The zero-order valence-corrected chi connectivity index (χ0v) is 12.8. The number of aliphatic hydroxyl groups excluding tert-OH is 1. The van der Waals surface area contributed by atoms with E-state index >= 15 is 0 Å². The summed E-state index contributed by atoms with van der Waals surface area (Å²) < 4.78 is 0. The number of hydrogen-bond donors (Lipinski definition) is 4. The van der Waals surface area contributed by atoms with Crippen molar-refractivity contribution in [2.75, 3.05) is 13.2 Å². The van der Waals surface area contributed by atoms with Crippen LogP contribution in [0.3, 0.4) is 0 Å². The highest BCUT2D eigenvalue weighted by molar-refractivity contribution is 5.31. The third-order valence-electron chi connectivity index (χ3n) is 3.98. The van der Waals surface area contributed by atoms with Crippen molar-refractivity contribution in [3.63, 3.8) is 0 Å². The molecular formula is C18H23NO3. The molecule has 0 bridgehead atoms. The van der Waals surface area contributed by atoms with E-state index in [0.29, 0.717) is 6.54 Å². The predicted molar refractivity (Wildman–Crippen MR) is 87.0 cm³/mol. The molecule has 0 aliphatic rings. The lowest BCUT2D eigenvalue weighted by Gasteiger charge is -2.32. The van der Waals surface area contributed by atoms with Gasteiger partial charge >= 0.3 is 0 Å². The van der Waals surface area contributed by atoms with E-state index < -0.39 is 0 Å². The summed E-state index contributed by atoms with van der Waals surface area (Å²) in [6.07, 6.45) is 1.68. The highest BCUT2D eigenvalue weighted by atomic mass is 16.3. The summed E-state index contributed by atoms with van der Waals surface area (Å²) in [5, 5.41) is 31.3. The van der Waals surface area contributed by atoms with Gasteiger partial charge in [0.15, 0.2) is 0 Å². The van der Waals surface area contributed by atoms with E-state index in [1.807, 2.05) is 24.3 Å². The van der Waals surface area contributed by atoms with Crippen molar-refractivity contribution in [2.45, 2.75) is 25.3 Å². The van der Waals surface area contributed by atoms with Crippen LogP contribution in [-0.2, 0) is 12.0 Å². The molecule has 0 heterocycles. The Morgan fingerprint density at radius 3 is 2.00 bits per heavy atom. The first-order valence-electron chi connectivity index (χ1n) is 7.47. The second kappa shape index (κ2) is 7.29. The maximum absolute atomic E-state index is 9.45. The predicted octanol–water partition coefficient (Wildman–Crippen LogP) is 2.53. The maximum Gasteiger partial charge on any atom is 0.115 e. The Morgan fingerprint density at radius 1 is 0.909 bits per heavy atom. The Hall–Kier alpha value is -2.04. The lowest BCUT2D eigenvalue weighted by molar-refractivity contribution is 0.253. The molecule has 0 saturated carbocycles. The molecule has 0 saturated heterocycles. The first-order chi connectivity index (χ1) is 10.5. The van der Waals surface area contributed by atoms with Gasteiger partial charge in [0.05, 0.1) is 6.61 Å². The van der Waals surface area contributed by atoms with Crippen molar-refractivity contribution in [3.8, 4) is 11.5 Å². The molecule has 1 unspecified atom stereocenters. The van der Waals surface area contributed by atoms with Crippen LogP contribution in [-0.4, -0.2) is 28.5 Å². The average Bonchev–Trinajstić information content (AvgIpc) is 2.53. The fourth-order valence-corrected chi connectivity index (χ4v) is 2.55. The third-order valence-corrected chi connectivity index (χ3v) is 3.98. The summed E-state index contributed by atoms with van der Waals surface area (Å²) in [5.41, 5.74) is 1.92. The zero-order chi connectivity index (χ0) is 16.0. The lowest BCUT2D eigenvalue weighted by Crippen LogP contribution is -2.41. The Labute approximate surface area is 131 Å². The van der Waals surface area contributed by atoms with Gasteiger partial charge in [0.25, 0.3) is 0 Å². The topological polar surface area (TPSA) is 72.7 Å². The molecule has 0 aromatic heterocycles. The Kier molecular flexibility index (Phi) is 5.41. The molecule has 2 aromatic carbocycles. The molecule has 2 aromatic rings. The molecule has 2 rings (SSSR count). The molecule has 1 atom stereocenters. The summed E-state index contributed by atoms with van der Waals surface area (Å²) in [6, 6.07) is 14.4. The van der Waals surface area contributed by atoms with Gasteiger partial charge in [-0.15, -0.1) is 0 Å². The first kappa shape index (κ1) is 16.3. The van der Waals surface area contributed by atoms with Crippen molar-refractivity contribution in [2.24, 2.45) is 0 Å². The first-order valence-corrected chi connectivity index (χ1v) is 7.47. The summed E-state index contributed by atoms with van der Waals surface area (Å²) in [4.78, 5) is 0. The number of rotatable bonds is 7. The van der Waals surface area contributed by atoms with Crippen LogP contribution in [0.2, 0.25) is 0 Å². The molecule has 0 spiro atoms. The average molecular weight is 301 g/mol. The summed E-state index contributed by atoms with van der Waals surface area (Å²) >= 11 is 0. The van der Waals surface area contributed by atoms with E-state index in [9.17, 15) is 10.2 Å². The zero-order valence-electron chi connectivity index (χ0n) is 12.8. The number of phenols is 2. The van der Waals surface area contributed by atoms with Gasteiger partial charge < -0.3 is 20.6 Å². The minimum absolute atomic E-state index is 0.0763. The van der Waals surface area contributed by atoms with Crippen molar-refractivity contribution >= 4 is 0 Å². The van der Waals surface area contributed by atoms with Crippen LogP contribution >= 0.6 is 0 Å². The molecule has 0 fully saturated rings. The molecule has 4 N–H and O–H groups in total. The maximum atomic E-state index is 9.45. The van der Waals surface area contributed by atoms with Gasteiger partial charge in [-0.05, 0) is 55.2 Å². The van der Waals surface area contributed by atoms with Gasteiger partial charge in [0.1, 0.15) is 11.5 Å². The van der Waals surface area contributed by atoms with Gasteiger partial charge in [-0.2, -0.15) is 0 Å². The standard InChI is InChI=1S/C18H23NO3/c1-18(19-12-13-20,15-4-8-17(22)9-5-15)11-10-14-2-6-16(21)7-3-14/h2-9,19-22H,10-13H2,1H3. The second-order valence-corrected chi connectivity index (χ2v) is 5.70. The third kappa shape index (κ3) is 4.23. The van der Waals surface area contributed by atoms with E-state index in [1.165, 1.54) is 0 Å². The number of aliphatic hydroxyl groups is 1. The highest BCUT2D eigenvalue weighted by Gasteiger charge is 2.25. The van der Waals surface area contributed by atoms with E-state index in [2.05, 4.69) is 12.2 Å². The molecular weight excluding hydrogens is 278 g/mol. The molecule has 4 nitrogen and oxygen atoms in total. The fourth-order valence-electron chi connectivity index (χ4n) is 2.55.